The van der Waals surface area contributed by atoms with Crippen LogP contribution in [0.2, 0.25) is 0 Å². The standard InChI is InChI=1S/C14H23N3O2S/c1-5-19-12(18)14(2,3)11-9-20-13(16-11)15-10-6-7-17(4)8-10/h9-10H,5-8H2,1-4H3,(H,15,16). The van der Waals surface area contributed by atoms with Crippen LogP contribution in [0.1, 0.15) is 32.9 Å². The Hall–Kier alpha value is -1.14. The normalized spacial score (nSPS) is 20.1. The second-order valence-electron chi connectivity index (χ2n) is 5.78. The lowest BCUT2D eigenvalue weighted by atomic mass is 9.90. The van der Waals surface area contributed by atoms with Crippen molar-refractivity contribution in [2.45, 2.75) is 38.6 Å². The summed E-state index contributed by atoms with van der Waals surface area (Å²) in [5.74, 6) is -0.225. The first-order chi connectivity index (χ1) is 9.43. The molecule has 1 N–H and O–H groups in total. The van der Waals surface area contributed by atoms with E-state index in [0.717, 1.165) is 30.3 Å². The van der Waals surface area contributed by atoms with E-state index in [-0.39, 0.29) is 5.97 Å². The van der Waals surface area contributed by atoms with Crippen LogP contribution in [-0.2, 0) is 14.9 Å². The van der Waals surface area contributed by atoms with E-state index in [4.69, 9.17) is 4.74 Å². The lowest BCUT2D eigenvalue weighted by Gasteiger charge is -2.19. The quantitative estimate of drug-likeness (QED) is 0.844. The second kappa shape index (κ2) is 6.10. The molecule has 0 radical (unpaired) electrons. The van der Waals surface area contributed by atoms with Crippen LogP contribution >= 0.6 is 11.3 Å². The summed E-state index contributed by atoms with van der Waals surface area (Å²) < 4.78 is 5.12. The molecule has 5 nitrogen and oxygen atoms in total. The summed E-state index contributed by atoms with van der Waals surface area (Å²) in [6.07, 6.45) is 1.13. The molecule has 0 spiro atoms. The zero-order valence-electron chi connectivity index (χ0n) is 12.6. The Morgan fingerprint density at radius 2 is 2.40 bits per heavy atom. The van der Waals surface area contributed by atoms with Crippen molar-refractivity contribution >= 4 is 22.4 Å². The number of nitrogens with zero attached hydrogens (tertiary/aromatic N) is 2. The monoisotopic (exact) mass is 297 g/mol. The van der Waals surface area contributed by atoms with Crippen LogP contribution in [-0.4, -0.2) is 48.6 Å². The minimum atomic E-state index is -0.696. The number of likely N-dealkylation sites (N-methyl/N-ethyl adjacent to an activating group) is 1. The second-order valence-corrected chi connectivity index (χ2v) is 6.63. The van der Waals surface area contributed by atoms with Gasteiger partial charge < -0.3 is 15.0 Å². The van der Waals surface area contributed by atoms with E-state index in [2.05, 4.69) is 22.2 Å². The van der Waals surface area contributed by atoms with E-state index >= 15 is 0 Å². The van der Waals surface area contributed by atoms with Gasteiger partial charge in [0.1, 0.15) is 5.41 Å². The molecule has 1 aliphatic rings. The first kappa shape index (κ1) is 15.3. The van der Waals surface area contributed by atoms with Crippen molar-refractivity contribution in [3.63, 3.8) is 0 Å². The molecule has 1 saturated heterocycles. The van der Waals surface area contributed by atoms with Crippen LogP contribution in [0.3, 0.4) is 0 Å². The highest BCUT2D eigenvalue weighted by Gasteiger charge is 2.34. The van der Waals surface area contributed by atoms with Gasteiger partial charge in [-0.25, -0.2) is 4.98 Å². The Labute approximate surface area is 124 Å². The number of likely N-dealkylation sites (tertiary alicyclic amines) is 1. The van der Waals surface area contributed by atoms with Crippen molar-refractivity contribution in [3.05, 3.63) is 11.1 Å². The maximum absolute atomic E-state index is 12.0. The Kier molecular flexibility index (Phi) is 4.65. The number of aromatic nitrogens is 1. The maximum Gasteiger partial charge on any atom is 0.317 e. The van der Waals surface area contributed by atoms with Gasteiger partial charge in [0, 0.05) is 18.0 Å². The molecular formula is C14H23N3O2S. The smallest absolute Gasteiger partial charge is 0.317 e. The van der Waals surface area contributed by atoms with Crippen LogP contribution in [0.5, 0.6) is 0 Å². The first-order valence-corrected chi connectivity index (χ1v) is 7.89. The van der Waals surface area contributed by atoms with Gasteiger partial charge in [-0.3, -0.25) is 4.79 Å². The van der Waals surface area contributed by atoms with Gasteiger partial charge in [0.15, 0.2) is 5.13 Å². The highest BCUT2D eigenvalue weighted by atomic mass is 32.1. The molecule has 1 aromatic rings. The molecule has 112 valence electrons. The molecule has 2 rings (SSSR count). The highest BCUT2D eigenvalue weighted by Crippen LogP contribution is 2.29. The third-order valence-electron chi connectivity index (χ3n) is 3.65. The fourth-order valence-electron chi connectivity index (χ4n) is 2.27. The zero-order chi connectivity index (χ0) is 14.8. The Morgan fingerprint density at radius 1 is 1.65 bits per heavy atom. The SMILES string of the molecule is CCOC(=O)C(C)(C)c1csc(NC2CCN(C)C2)n1. The highest BCUT2D eigenvalue weighted by molar-refractivity contribution is 7.13. The molecule has 1 fully saturated rings. The molecule has 0 aliphatic carbocycles. The van der Waals surface area contributed by atoms with E-state index < -0.39 is 5.41 Å². The minimum absolute atomic E-state index is 0.225. The molecule has 6 heteroatoms. The molecule has 1 unspecified atom stereocenters. The number of anilines is 1. The molecule has 0 saturated carbocycles. The van der Waals surface area contributed by atoms with Gasteiger partial charge in [-0.1, -0.05) is 0 Å². The van der Waals surface area contributed by atoms with E-state index in [1.807, 2.05) is 26.2 Å². The van der Waals surface area contributed by atoms with Crippen molar-refractivity contribution in [3.8, 4) is 0 Å². The average molecular weight is 297 g/mol. The minimum Gasteiger partial charge on any atom is -0.465 e. The number of nitrogens with one attached hydrogen (secondary N) is 1. The summed E-state index contributed by atoms with van der Waals surface area (Å²) in [6, 6.07) is 0.449. The zero-order valence-corrected chi connectivity index (χ0v) is 13.4. The predicted octanol–water partition coefficient (Wildman–Crippen LogP) is 2.10. The molecule has 0 aromatic carbocycles. The molecule has 20 heavy (non-hydrogen) atoms. The molecular weight excluding hydrogens is 274 g/mol. The molecule has 1 atom stereocenters. The topological polar surface area (TPSA) is 54.5 Å². The van der Waals surface area contributed by atoms with Crippen LogP contribution in [0.25, 0.3) is 0 Å². The number of carbonyl (C=O) groups excluding carboxylic acids is 1. The van der Waals surface area contributed by atoms with Crippen molar-refractivity contribution in [2.24, 2.45) is 0 Å². The fraction of sp³-hybridized carbons (Fsp3) is 0.714. The number of hydrogen-bond acceptors (Lipinski definition) is 6. The molecule has 2 heterocycles. The molecule has 0 bridgehead atoms. The van der Waals surface area contributed by atoms with E-state index in [9.17, 15) is 4.79 Å². The predicted molar refractivity (Wildman–Crippen MR) is 81.3 cm³/mol. The lowest BCUT2D eigenvalue weighted by Crippen LogP contribution is -2.31. The van der Waals surface area contributed by atoms with Crippen LogP contribution in [0.15, 0.2) is 5.38 Å². The van der Waals surface area contributed by atoms with Crippen LogP contribution < -0.4 is 5.32 Å². The van der Waals surface area contributed by atoms with Gasteiger partial charge in [0.2, 0.25) is 0 Å². The third-order valence-corrected chi connectivity index (χ3v) is 4.42. The summed E-state index contributed by atoms with van der Waals surface area (Å²) in [4.78, 5) is 18.8. The number of hydrogen-bond donors (Lipinski definition) is 1. The number of thiazole rings is 1. The van der Waals surface area contributed by atoms with Crippen LogP contribution in [0, 0.1) is 0 Å². The van der Waals surface area contributed by atoms with Crippen LogP contribution in [0.4, 0.5) is 5.13 Å². The van der Waals surface area contributed by atoms with Gasteiger partial charge >= 0.3 is 5.97 Å². The van der Waals surface area contributed by atoms with Gasteiger partial charge in [-0.15, -0.1) is 11.3 Å². The molecule has 1 aliphatic heterocycles. The van der Waals surface area contributed by atoms with E-state index in [1.54, 1.807) is 11.3 Å². The molecule has 1 aromatic heterocycles. The van der Waals surface area contributed by atoms with E-state index in [1.165, 1.54) is 0 Å². The van der Waals surface area contributed by atoms with Crippen molar-refractivity contribution in [1.82, 2.24) is 9.88 Å². The fourth-order valence-corrected chi connectivity index (χ4v) is 3.23. The number of carbonyl (C=O) groups is 1. The number of rotatable bonds is 5. The van der Waals surface area contributed by atoms with Gasteiger partial charge in [-0.2, -0.15) is 0 Å². The van der Waals surface area contributed by atoms with Gasteiger partial charge in [0.25, 0.3) is 0 Å². The van der Waals surface area contributed by atoms with Crippen molar-refractivity contribution in [2.75, 3.05) is 32.1 Å². The number of ether oxygens (including phenoxy) is 1. The van der Waals surface area contributed by atoms with E-state index in [0.29, 0.717) is 12.6 Å². The van der Waals surface area contributed by atoms with Crippen molar-refractivity contribution < 1.29 is 9.53 Å². The summed E-state index contributed by atoms with van der Waals surface area (Å²) in [5, 5.41) is 6.28. The third kappa shape index (κ3) is 3.30. The number of esters is 1. The maximum atomic E-state index is 12.0. The average Bonchev–Trinajstić information content (AvgIpc) is 3.00. The molecule has 0 amide bonds. The summed E-state index contributed by atoms with van der Waals surface area (Å²) >= 11 is 1.55. The Balaban J connectivity index is 2.02. The summed E-state index contributed by atoms with van der Waals surface area (Å²) in [7, 11) is 2.12. The summed E-state index contributed by atoms with van der Waals surface area (Å²) in [5.41, 5.74) is 0.0774. The Morgan fingerprint density at radius 3 is 3.00 bits per heavy atom. The van der Waals surface area contributed by atoms with Gasteiger partial charge in [-0.05, 0) is 40.8 Å². The van der Waals surface area contributed by atoms with Crippen molar-refractivity contribution in [1.29, 1.82) is 0 Å². The Bertz CT molecular complexity index is 473. The van der Waals surface area contributed by atoms with Gasteiger partial charge in [0.05, 0.1) is 12.3 Å². The first-order valence-electron chi connectivity index (χ1n) is 7.01. The summed E-state index contributed by atoms with van der Waals surface area (Å²) in [6.45, 7) is 8.07. The largest absolute Gasteiger partial charge is 0.465 e. The lowest BCUT2D eigenvalue weighted by molar-refractivity contribution is -0.148.